The first-order valence-corrected chi connectivity index (χ1v) is 5.42. The van der Waals surface area contributed by atoms with E-state index in [-0.39, 0.29) is 0 Å². The molecular weight excluding hydrogens is 243 g/mol. The number of aromatic nitrogens is 1. The summed E-state index contributed by atoms with van der Waals surface area (Å²) in [4.78, 5) is 3.12. The van der Waals surface area contributed by atoms with E-state index in [1.165, 1.54) is 0 Å². The van der Waals surface area contributed by atoms with Crippen molar-refractivity contribution >= 4 is 23.2 Å². The second-order valence-corrected chi connectivity index (χ2v) is 4.30. The molecule has 0 aliphatic rings. The molecule has 0 spiro atoms. The molecule has 80 valence electrons. The lowest BCUT2D eigenvalue weighted by molar-refractivity contribution is 1.25. The van der Waals surface area contributed by atoms with Crippen molar-refractivity contribution in [1.29, 1.82) is 5.26 Å². The number of nitriles is 1. The van der Waals surface area contributed by atoms with Gasteiger partial charge in [0.15, 0.2) is 0 Å². The summed E-state index contributed by atoms with van der Waals surface area (Å²) in [7, 11) is 0. The van der Waals surface area contributed by atoms with Crippen LogP contribution < -0.4 is 0 Å². The molecule has 0 saturated heterocycles. The van der Waals surface area contributed by atoms with E-state index in [2.05, 4.69) is 11.1 Å². The molecule has 0 fully saturated rings. The highest BCUT2D eigenvalue weighted by atomic mass is 35.5. The first-order chi connectivity index (χ1) is 7.61. The number of nitrogens with zero attached hydrogens (tertiary/aromatic N) is 1. The Labute approximate surface area is 103 Å². The summed E-state index contributed by atoms with van der Waals surface area (Å²) >= 11 is 11.9. The molecule has 0 radical (unpaired) electrons. The SMILES string of the molecule is Cc1[nH]c(-c2ccc(Cl)cc2Cl)cc1C#N. The Morgan fingerprint density at radius 2 is 2.00 bits per heavy atom. The van der Waals surface area contributed by atoms with Crippen molar-refractivity contribution in [1.82, 2.24) is 4.98 Å². The van der Waals surface area contributed by atoms with Crippen LogP contribution in [-0.2, 0) is 0 Å². The van der Waals surface area contributed by atoms with E-state index in [0.29, 0.717) is 15.6 Å². The van der Waals surface area contributed by atoms with Crippen LogP contribution in [0.1, 0.15) is 11.3 Å². The molecule has 0 amide bonds. The van der Waals surface area contributed by atoms with E-state index in [1.54, 1.807) is 18.2 Å². The van der Waals surface area contributed by atoms with Gasteiger partial charge in [0, 0.05) is 22.0 Å². The van der Waals surface area contributed by atoms with Crippen molar-refractivity contribution in [2.24, 2.45) is 0 Å². The van der Waals surface area contributed by atoms with Crippen molar-refractivity contribution in [3.8, 4) is 17.3 Å². The molecule has 0 aliphatic carbocycles. The number of hydrogen-bond acceptors (Lipinski definition) is 1. The van der Waals surface area contributed by atoms with Crippen LogP contribution in [0.15, 0.2) is 24.3 Å². The van der Waals surface area contributed by atoms with Gasteiger partial charge in [-0.1, -0.05) is 23.2 Å². The van der Waals surface area contributed by atoms with Crippen molar-refractivity contribution in [3.05, 3.63) is 45.6 Å². The Bertz CT molecular complexity index is 579. The minimum absolute atomic E-state index is 0.568. The topological polar surface area (TPSA) is 39.6 Å². The first-order valence-electron chi connectivity index (χ1n) is 4.67. The average molecular weight is 251 g/mol. The Kier molecular flexibility index (Phi) is 2.91. The largest absolute Gasteiger partial charge is 0.357 e. The fraction of sp³-hybridized carbons (Fsp3) is 0.0833. The van der Waals surface area contributed by atoms with Gasteiger partial charge in [-0.2, -0.15) is 5.26 Å². The third-order valence-corrected chi connectivity index (χ3v) is 2.90. The fourth-order valence-electron chi connectivity index (χ4n) is 1.53. The van der Waals surface area contributed by atoms with Gasteiger partial charge in [-0.3, -0.25) is 0 Å². The normalized spacial score (nSPS) is 10.1. The molecule has 16 heavy (non-hydrogen) atoms. The molecule has 2 aromatic rings. The molecule has 0 atom stereocenters. The molecule has 2 nitrogen and oxygen atoms in total. The van der Waals surface area contributed by atoms with E-state index >= 15 is 0 Å². The second-order valence-electron chi connectivity index (χ2n) is 3.46. The van der Waals surface area contributed by atoms with Crippen LogP contribution in [0.4, 0.5) is 0 Å². The van der Waals surface area contributed by atoms with Gasteiger partial charge in [0.25, 0.3) is 0 Å². The van der Waals surface area contributed by atoms with Crippen LogP contribution in [0.3, 0.4) is 0 Å². The van der Waals surface area contributed by atoms with Crippen LogP contribution in [0.25, 0.3) is 11.3 Å². The number of benzene rings is 1. The number of aryl methyl sites for hydroxylation is 1. The zero-order valence-electron chi connectivity index (χ0n) is 8.51. The van der Waals surface area contributed by atoms with Gasteiger partial charge in [0.2, 0.25) is 0 Å². The zero-order chi connectivity index (χ0) is 11.7. The summed E-state index contributed by atoms with van der Waals surface area (Å²) in [5, 5.41) is 10.0. The minimum Gasteiger partial charge on any atom is -0.357 e. The number of hydrogen-bond donors (Lipinski definition) is 1. The molecule has 1 heterocycles. The second kappa shape index (κ2) is 4.21. The van der Waals surface area contributed by atoms with Crippen LogP contribution in [-0.4, -0.2) is 4.98 Å². The van der Waals surface area contributed by atoms with Gasteiger partial charge in [-0.05, 0) is 31.2 Å². The number of rotatable bonds is 1. The molecule has 2 rings (SSSR count). The highest BCUT2D eigenvalue weighted by molar-refractivity contribution is 6.36. The van der Waals surface area contributed by atoms with Crippen molar-refractivity contribution in [3.63, 3.8) is 0 Å². The summed E-state index contributed by atoms with van der Waals surface area (Å²) in [5.41, 5.74) is 3.14. The van der Waals surface area contributed by atoms with Gasteiger partial charge in [0.05, 0.1) is 10.6 Å². The Hall–Kier alpha value is -1.43. The van der Waals surface area contributed by atoms with Crippen molar-refractivity contribution in [2.45, 2.75) is 6.92 Å². The number of nitrogens with one attached hydrogen (secondary N) is 1. The maximum absolute atomic E-state index is 8.87. The molecular formula is C12H8Cl2N2. The highest BCUT2D eigenvalue weighted by Crippen LogP contribution is 2.30. The average Bonchev–Trinajstić information content (AvgIpc) is 2.59. The standard InChI is InChI=1S/C12H8Cl2N2/c1-7-8(6-15)4-12(16-7)10-3-2-9(13)5-11(10)14/h2-5,16H,1H3. The summed E-state index contributed by atoms with van der Waals surface area (Å²) < 4.78 is 0. The van der Waals surface area contributed by atoms with Gasteiger partial charge in [0.1, 0.15) is 6.07 Å². The highest BCUT2D eigenvalue weighted by Gasteiger charge is 2.09. The summed E-state index contributed by atoms with van der Waals surface area (Å²) in [5.74, 6) is 0. The summed E-state index contributed by atoms with van der Waals surface area (Å²) in [6, 6.07) is 9.18. The van der Waals surface area contributed by atoms with E-state index in [0.717, 1.165) is 17.0 Å². The van der Waals surface area contributed by atoms with Crippen molar-refractivity contribution < 1.29 is 0 Å². The molecule has 1 aromatic carbocycles. The van der Waals surface area contributed by atoms with Gasteiger partial charge in [-0.25, -0.2) is 0 Å². The number of halogens is 2. The van der Waals surface area contributed by atoms with Crippen LogP contribution in [0, 0.1) is 18.3 Å². The monoisotopic (exact) mass is 250 g/mol. The predicted octanol–water partition coefficient (Wildman–Crippen LogP) is 4.17. The van der Waals surface area contributed by atoms with Crippen molar-refractivity contribution in [2.75, 3.05) is 0 Å². The fourth-order valence-corrected chi connectivity index (χ4v) is 2.04. The molecule has 0 aliphatic heterocycles. The Morgan fingerprint density at radius 3 is 2.56 bits per heavy atom. The van der Waals surface area contributed by atoms with E-state index < -0.39 is 0 Å². The van der Waals surface area contributed by atoms with Gasteiger partial charge >= 0.3 is 0 Å². The minimum atomic E-state index is 0.568. The molecule has 0 unspecified atom stereocenters. The predicted molar refractivity (Wildman–Crippen MR) is 65.7 cm³/mol. The molecule has 1 N–H and O–H groups in total. The first kappa shape index (κ1) is 11.1. The van der Waals surface area contributed by atoms with E-state index in [9.17, 15) is 0 Å². The molecule has 1 aromatic heterocycles. The van der Waals surface area contributed by atoms with Crippen LogP contribution in [0.5, 0.6) is 0 Å². The maximum atomic E-state index is 8.87. The lowest BCUT2D eigenvalue weighted by Crippen LogP contribution is -1.80. The Morgan fingerprint density at radius 1 is 1.25 bits per heavy atom. The molecule has 0 saturated carbocycles. The van der Waals surface area contributed by atoms with Crippen LogP contribution >= 0.6 is 23.2 Å². The third kappa shape index (κ3) is 1.92. The lowest BCUT2D eigenvalue weighted by Gasteiger charge is -2.01. The maximum Gasteiger partial charge on any atom is 0.101 e. The van der Waals surface area contributed by atoms with E-state index in [1.807, 2.05) is 13.0 Å². The lowest BCUT2D eigenvalue weighted by atomic mass is 10.1. The Balaban J connectivity index is 2.55. The third-order valence-electron chi connectivity index (χ3n) is 2.36. The molecule has 0 bridgehead atoms. The smallest absolute Gasteiger partial charge is 0.101 e. The summed E-state index contributed by atoms with van der Waals surface area (Å²) in [6.07, 6.45) is 0. The quantitative estimate of drug-likeness (QED) is 0.811. The van der Waals surface area contributed by atoms with Crippen LogP contribution in [0.2, 0.25) is 10.0 Å². The van der Waals surface area contributed by atoms with Gasteiger partial charge in [-0.15, -0.1) is 0 Å². The molecule has 4 heteroatoms. The van der Waals surface area contributed by atoms with E-state index in [4.69, 9.17) is 28.5 Å². The summed E-state index contributed by atoms with van der Waals surface area (Å²) in [6.45, 7) is 1.85. The number of H-pyrrole nitrogens is 1. The zero-order valence-corrected chi connectivity index (χ0v) is 10.0. The van der Waals surface area contributed by atoms with Gasteiger partial charge < -0.3 is 4.98 Å². The number of aromatic amines is 1.